The highest BCUT2D eigenvalue weighted by molar-refractivity contribution is 5.76. The van der Waals surface area contributed by atoms with E-state index in [-0.39, 0.29) is 35.8 Å². The Bertz CT molecular complexity index is 1350. The van der Waals surface area contributed by atoms with E-state index in [0.717, 1.165) is 24.0 Å². The fourth-order valence-electron chi connectivity index (χ4n) is 3.90. The van der Waals surface area contributed by atoms with Gasteiger partial charge in [-0.05, 0) is 55.0 Å². The average Bonchev–Trinajstić information content (AvgIpc) is 3.04. The molecule has 1 fully saturated rings. The first kappa shape index (κ1) is 18.4. The lowest BCUT2D eigenvalue weighted by atomic mass is 9.76. The molecule has 0 bridgehead atoms. The van der Waals surface area contributed by atoms with E-state index in [0.29, 0.717) is 11.0 Å². The standard InChI is InChI=1S/C21H18FN5O3/c1-12-6-7-23-19-18(12)20(28)26(11-24-19)10-17-25-27(21(29)30-17)16-8-14(9-16)13-2-4-15(22)5-3-13/h2-7,11,14,16H,8-10H2,1H3. The van der Waals surface area contributed by atoms with Crippen LogP contribution in [0.25, 0.3) is 11.0 Å². The summed E-state index contributed by atoms with van der Waals surface area (Å²) in [6.45, 7) is 1.83. The van der Waals surface area contributed by atoms with Crippen LogP contribution in [0.5, 0.6) is 0 Å². The van der Waals surface area contributed by atoms with Crippen LogP contribution in [0.4, 0.5) is 4.39 Å². The molecule has 30 heavy (non-hydrogen) atoms. The Hall–Kier alpha value is -3.62. The molecular weight excluding hydrogens is 389 g/mol. The quantitative estimate of drug-likeness (QED) is 0.516. The smallest absolute Gasteiger partial charge is 0.390 e. The maximum absolute atomic E-state index is 13.1. The molecule has 0 atom stereocenters. The molecule has 0 unspecified atom stereocenters. The van der Waals surface area contributed by atoms with Crippen LogP contribution in [-0.4, -0.2) is 24.3 Å². The van der Waals surface area contributed by atoms with Crippen molar-refractivity contribution in [2.75, 3.05) is 0 Å². The largest absolute Gasteiger partial charge is 0.437 e. The lowest BCUT2D eigenvalue weighted by Gasteiger charge is -2.34. The van der Waals surface area contributed by atoms with Crippen molar-refractivity contribution in [2.24, 2.45) is 0 Å². The normalized spacial score (nSPS) is 18.5. The van der Waals surface area contributed by atoms with Gasteiger partial charge in [0.1, 0.15) is 18.7 Å². The third-order valence-corrected chi connectivity index (χ3v) is 5.65. The number of fused-ring (bicyclic) bond motifs is 1. The summed E-state index contributed by atoms with van der Waals surface area (Å²) >= 11 is 0. The Morgan fingerprint density at radius 3 is 2.67 bits per heavy atom. The van der Waals surface area contributed by atoms with E-state index < -0.39 is 5.76 Å². The highest BCUT2D eigenvalue weighted by Gasteiger charge is 2.34. The number of nitrogens with zero attached hydrogens (tertiary/aromatic N) is 5. The molecule has 9 heteroatoms. The maximum Gasteiger partial charge on any atom is 0.437 e. The van der Waals surface area contributed by atoms with Gasteiger partial charge in [0.15, 0.2) is 5.65 Å². The monoisotopic (exact) mass is 407 g/mol. The first-order valence-electron chi connectivity index (χ1n) is 9.64. The third kappa shape index (κ3) is 3.12. The molecular formula is C21H18FN5O3. The first-order valence-corrected chi connectivity index (χ1v) is 9.64. The van der Waals surface area contributed by atoms with Crippen molar-refractivity contribution in [1.82, 2.24) is 24.3 Å². The van der Waals surface area contributed by atoms with Crippen molar-refractivity contribution in [3.8, 4) is 0 Å². The molecule has 4 aromatic rings. The molecule has 0 N–H and O–H groups in total. The van der Waals surface area contributed by atoms with Gasteiger partial charge in [-0.1, -0.05) is 12.1 Å². The molecule has 0 saturated heterocycles. The number of hydrogen-bond acceptors (Lipinski definition) is 6. The second kappa shape index (κ2) is 7.01. The van der Waals surface area contributed by atoms with Gasteiger partial charge in [-0.2, -0.15) is 4.68 Å². The summed E-state index contributed by atoms with van der Waals surface area (Å²) in [4.78, 5) is 33.4. The molecule has 0 radical (unpaired) electrons. The molecule has 1 aromatic carbocycles. The Balaban J connectivity index is 1.36. The van der Waals surface area contributed by atoms with Gasteiger partial charge in [0.05, 0.1) is 11.4 Å². The van der Waals surface area contributed by atoms with E-state index in [1.807, 2.05) is 6.92 Å². The summed E-state index contributed by atoms with van der Waals surface area (Å²) in [5.41, 5.74) is 1.94. The van der Waals surface area contributed by atoms with Crippen LogP contribution in [0.3, 0.4) is 0 Å². The van der Waals surface area contributed by atoms with Gasteiger partial charge in [-0.3, -0.25) is 9.36 Å². The number of hydrogen-bond donors (Lipinski definition) is 0. The zero-order valence-corrected chi connectivity index (χ0v) is 16.2. The number of rotatable bonds is 4. The minimum atomic E-state index is -0.549. The van der Waals surface area contributed by atoms with Gasteiger partial charge in [-0.25, -0.2) is 19.2 Å². The number of aryl methyl sites for hydroxylation is 1. The maximum atomic E-state index is 13.1. The van der Waals surface area contributed by atoms with Gasteiger partial charge in [0.25, 0.3) is 5.56 Å². The van der Waals surface area contributed by atoms with Crippen LogP contribution < -0.4 is 11.3 Å². The summed E-state index contributed by atoms with van der Waals surface area (Å²) in [6, 6.07) is 8.08. The van der Waals surface area contributed by atoms with Gasteiger partial charge in [0, 0.05) is 6.20 Å². The van der Waals surface area contributed by atoms with Crippen molar-refractivity contribution in [3.63, 3.8) is 0 Å². The molecule has 5 rings (SSSR count). The minimum absolute atomic E-state index is 0.00641. The lowest BCUT2D eigenvalue weighted by Crippen LogP contribution is -2.31. The summed E-state index contributed by atoms with van der Waals surface area (Å²) < 4.78 is 21.0. The van der Waals surface area contributed by atoms with E-state index in [1.165, 1.54) is 27.7 Å². The molecule has 1 aliphatic rings. The van der Waals surface area contributed by atoms with Crippen molar-refractivity contribution < 1.29 is 8.81 Å². The van der Waals surface area contributed by atoms with Crippen LogP contribution in [-0.2, 0) is 6.54 Å². The molecule has 1 aliphatic carbocycles. The molecule has 152 valence electrons. The van der Waals surface area contributed by atoms with E-state index in [2.05, 4.69) is 15.1 Å². The van der Waals surface area contributed by atoms with Gasteiger partial charge in [0.2, 0.25) is 5.89 Å². The number of pyridine rings is 1. The van der Waals surface area contributed by atoms with Gasteiger partial charge < -0.3 is 4.42 Å². The van der Waals surface area contributed by atoms with Crippen LogP contribution >= 0.6 is 0 Å². The summed E-state index contributed by atoms with van der Waals surface area (Å²) in [5, 5.41) is 4.72. The predicted octanol–water partition coefficient (Wildman–Crippen LogP) is 2.56. The Morgan fingerprint density at radius 2 is 1.90 bits per heavy atom. The van der Waals surface area contributed by atoms with Crippen LogP contribution in [0.2, 0.25) is 0 Å². The number of aromatic nitrogens is 5. The predicted molar refractivity (Wildman–Crippen MR) is 106 cm³/mol. The molecule has 8 nitrogen and oxygen atoms in total. The topological polar surface area (TPSA) is 95.8 Å². The summed E-state index contributed by atoms with van der Waals surface area (Å²) in [6.07, 6.45) is 4.43. The molecule has 0 amide bonds. The molecule has 0 spiro atoms. The van der Waals surface area contributed by atoms with Crippen molar-refractivity contribution in [3.05, 3.63) is 86.6 Å². The van der Waals surface area contributed by atoms with Crippen LogP contribution in [0.1, 0.15) is 41.8 Å². The zero-order chi connectivity index (χ0) is 20.8. The van der Waals surface area contributed by atoms with E-state index in [9.17, 15) is 14.0 Å². The van der Waals surface area contributed by atoms with E-state index >= 15 is 0 Å². The highest BCUT2D eigenvalue weighted by atomic mass is 19.1. The highest BCUT2D eigenvalue weighted by Crippen LogP contribution is 2.43. The van der Waals surface area contributed by atoms with Crippen molar-refractivity contribution in [1.29, 1.82) is 0 Å². The van der Waals surface area contributed by atoms with Crippen LogP contribution in [0, 0.1) is 12.7 Å². The molecule has 1 saturated carbocycles. The van der Waals surface area contributed by atoms with E-state index in [4.69, 9.17) is 4.42 Å². The average molecular weight is 407 g/mol. The summed E-state index contributed by atoms with van der Waals surface area (Å²) in [5.74, 6) is -0.413. The fourth-order valence-corrected chi connectivity index (χ4v) is 3.90. The fraction of sp³-hybridized carbons (Fsp3) is 0.286. The molecule has 3 aromatic heterocycles. The Kier molecular flexibility index (Phi) is 4.30. The first-order chi connectivity index (χ1) is 14.5. The SMILES string of the molecule is Cc1ccnc2ncn(Cc3nn(C4CC(c5ccc(F)cc5)C4)c(=O)o3)c(=O)c12. The number of halogens is 1. The number of benzene rings is 1. The van der Waals surface area contributed by atoms with Crippen molar-refractivity contribution >= 4 is 11.0 Å². The van der Waals surface area contributed by atoms with E-state index in [1.54, 1.807) is 24.4 Å². The van der Waals surface area contributed by atoms with Gasteiger partial charge in [-0.15, -0.1) is 5.10 Å². The Morgan fingerprint density at radius 1 is 1.13 bits per heavy atom. The molecule has 3 heterocycles. The van der Waals surface area contributed by atoms with Crippen molar-refractivity contribution in [2.45, 2.75) is 38.3 Å². The molecule has 0 aliphatic heterocycles. The minimum Gasteiger partial charge on any atom is -0.390 e. The Labute approximate surface area is 169 Å². The summed E-state index contributed by atoms with van der Waals surface area (Å²) in [7, 11) is 0. The van der Waals surface area contributed by atoms with Gasteiger partial charge >= 0.3 is 5.76 Å². The zero-order valence-electron chi connectivity index (χ0n) is 16.2. The second-order valence-electron chi connectivity index (χ2n) is 7.58. The lowest BCUT2D eigenvalue weighted by molar-refractivity contribution is 0.233. The second-order valence-corrected chi connectivity index (χ2v) is 7.58. The van der Waals surface area contributed by atoms with Crippen LogP contribution in [0.15, 0.2) is 56.9 Å². The third-order valence-electron chi connectivity index (χ3n) is 5.65.